The molecule has 1 amide bonds. The first kappa shape index (κ1) is 18.3. The third kappa shape index (κ3) is 5.96. The summed E-state index contributed by atoms with van der Waals surface area (Å²) >= 11 is 0. The fourth-order valence-electron chi connectivity index (χ4n) is 2.28. The lowest BCUT2D eigenvalue weighted by Crippen LogP contribution is -2.39. The Bertz CT molecular complexity index is 473. The molecule has 0 fully saturated rings. The average molecular weight is 307 g/mol. The van der Waals surface area contributed by atoms with Crippen molar-refractivity contribution in [2.75, 3.05) is 26.8 Å². The van der Waals surface area contributed by atoms with Crippen LogP contribution in [0.15, 0.2) is 18.2 Å². The third-order valence-electron chi connectivity index (χ3n) is 3.19. The van der Waals surface area contributed by atoms with Gasteiger partial charge in [0.25, 0.3) is 5.91 Å². The molecule has 0 bridgehead atoms. The summed E-state index contributed by atoms with van der Waals surface area (Å²) in [5.41, 5.74) is 1.09. The Labute approximate surface area is 134 Å². The van der Waals surface area contributed by atoms with Gasteiger partial charge in [0.2, 0.25) is 0 Å². The molecule has 0 spiro atoms. The van der Waals surface area contributed by atoms with Crippen LogP contribution in [-0.4, -0.2) is 37.6 Å². The smallest absolute Gasteiger partial charge is 0.260 e. The predicted molar refractivity (Wildman–Crippen MR) is 89.5 cm³/mol. The highest BCUT2D eigenvalue weighted by Gasteiger charge is 2.17. The molecule has 0 aliphatic heterocycles. The largest absolute Gasteiger partial charge is 0.493 e. The van der Waals surface area contributed by atoms with E-state index in [2.05, 4.69) is 27.7 Å². The van der Waals surface area contributed by atoms with Gasteiger partial charge in [-0.3, -0.25) is 4.79 Å². The first-order chi connectivity index (χ1) is 10.3. The number of methoxy groups -OCH3 is 1. The summed E-state index contributed by atoms with van der Waals surface area (Å²) < 4.78 is 11.0. The number of ether oxygens (including phenoxy) is 2. The van der Waals surface area contributed by atoms with Gasteiger partial charge in [-0.15, -0.1) is 0 Å². The lowest BCUT2D eigenvalue weighted by atomic mass is 10.1. The Morgan fingerprint density at radius 1 is 1.09 bits per heavy atom. The molecule has 1 aromatic rings. The molecule has 4 heteroatoms. The number of carbonyl (C=O) groups excluding carboxylic acids is 1. The van der Waals surface area contributed by atoms with E-state index in [1.165, 1.54) is 0 Å². The number of aryl methyl sites for hydroxylation is 1. The van der Waals surface area contributed by atoms with E-state index >= 15 is 0 Å². The van der Waals surface area contributed by atoms with Crippen LogP contribution < -0.4 is 9.47 Å². The molecule has 0 heterocycles. The predicted octanol–water partition coefficient (Wildman–Crippen LogP) is 3.52. The molecule has 1 rings (SSSR count). The van der Waals surface area contributed by atoms with Crippen molar-refractivity contribution in [1.82, 2.24) is 4.90 Å². The molecule has 124 valence electrons. The number of hydrogen-bond donors (Lipinski definition) is 0. The van der Waals surface area contributed by atoms with Gasteiger partial charge in [-0.05, 0) is 36.5 Å². The molecule has 0 unspecified atom stereocenters. The molecule has 4 nitrogen and oxygen atoms in total. The summed E-state index contributed by atoms with van der Waals surface area (Å²) in [5, 5.41) is 0. The number of carbonyl (C=O) groups is 1. The van der Waals surface area contributed by atoms with Gasteiger partial charge in [-0.2, -0.15) is 0 Å². The zero-order valence-corrected chi connectivity index (χ0v) is 14.7. The molecule has 0 aliphatic carbocycles. The van der Waals surface area contributed by atoms with Gasteiger partial charge in [0.15, 0.2) is 18.1 Å². The van der Waals surface area contributed by atoms with Crippen LogP contribution in [0.3, 0.4) is 0 Å². The zero-order chi connectivity index (χ0) is 16.7. The van der Waals surface area contributed by atoms with Gasteiger partial charge in [0, 0.05) is 13.1 Å². The van der Waals surface area contributed by atoms with Crippen LogP contribution in [0.25, 0.3) is 0 Å². The van der Waals surface area contributed by atoms with Crippen LogP contribution in [-0.2, 0) is 4.79 Å². The van der Waals surface area contributed by atoms with E-state index in [0.717, 1.165) is 18.7 Å². The Hall–Kier alpha value is -1.71. The van der Waals surface area contributed by atoms with Crippen molar-refractivity contribution in [2.45, 2.75) is 34.6 Å². The lowest BCUT2D eigenvalue weighted by molar-refractivity contribution is -0.134. The number of amides is 1. The minimum atomic E-state index is 0.0185. The van der Waals surface area contributed by atoms with Crippen LogP contribution in [0.4, 0.5) is 0 Å². The summed E-state index contributed by atoms with van der Waals surface area (Å²) in [4.78, 5) is 14.3. The topological polar surface area (TPSA) is 38.8 Å². The van der Waals surface area contributed by atoms with E-state index in [9.17, 15) is 4.79 Å². The van der Waals surface area contributed by atoms with Crippen LogP contribution >= 0.6 is 0 Å². The molecule has 0 aliphatic rings. The molecular formula is C18H29NO3. The maximum Gasteiger partial charge on any atom is 0.260 e. The Balaban J connectivity index is 2.69. The highest BCUT2D eigenvalue weighted by atomic mass is 16.5. The van der Waals surface area contributed by atoms with Gasteiger partial charge >= 0.3 is 0 Å². The van der Waals surface area contributed by atoms with Gasteiger partial charge in [-0.25, -0.2) is 0 Å². The van der Waals surface area contributed by atoms with Crippen LogP contribution in [0.1, 0.15) is 33.3 Å². The minimum absolute atomic E-state index is 0.0185. The van der Waals surface area contributed by atoms with Crippen molar-refractivity contribution in [2.24, 2.45) is 11.8 Å². The fraction of sp³-hybridized carbons (Fsp3) is 0.611. The molecule has 0 N–H and O–H groups in total. The monoisotopic (exact) mass is 307 g/mol. The Morgan fingerprint density at radius 2 is 1.68 bits per heavy atom. The molecule has 0 saturated heterocycles. The second-order valence-corrected chi connectivity index (χ2v) is 6.53. The van der Waals surface area contributed by atoms with Crippen molar-refractivity contribution in [1.29, 1.82) is 0 Å². The first-order valence-corrected chi connectivity index (χ1v) is 7.88. The maximum atomic E-state index is 12.4. The van der Waals surface area contributed by atoms with Crippen molar-refractivity contribution in [3.63, 3.8) is 0 Å². The standard InChI is InChI=1S/C18H29NO3/c1-13(2)10-19(11-14(3)4)18(20)12-22-16-8-7-15(5)9-17(16)21-6/h7-9,13-14H,10-12H2,1-6H3. The zero-order valence-electron chi connectivity index (χ0n) is 14.7. The van der Waals surface area contributed by atoms with E-state index < -0.39 is 0 Å². The van der Waals surface area contributed by atoms with Gasteiger partial charge < -0.3 is 14.4 Å². The minimum Gasteiger partial charge on any atom is -0.493 e. The van der Waals surface area contributed by atoms with Crippen molar-refractivity contribution in [3.8, 4) is 11.5 Å². The van der Waals surface area contributed by atoms with Crippen LogP contribution in [0.2, 0.25) is 0 Å². The summed E-state index contributed by atoms with van der Waals surface area (Å²) in [6.07, 6.45) is 0. The lowest BCUT2D eigenvalue weighted by Gasteiger charge is -2.26. The quantitative estimate of drug-likeness (QED) is 0.737. The third-order valence-corrected chi connectivity index (χ3v) is 3.19. The van der Waals surface area contributed by atoms with Gasteiger partial charge in [0.05, 0.1) is 7.11 Å². The van der Waals surface area contributed by atoms with Crippen molar-refractivity contribution < 1.29 is 14.3 Å². The maximum absolute atomic E-state index is 12.4. The van der Waals surface area contributed by atoms with Crippen molar-refractivity contribution in [3.05, 3.63) is 23.8 Å². The number of hydrogen-bond acceptors (Lipinski definition) is 3. The van der Waals surface area contributed by atoms with Crippen LogP contribution in [0.5, 0.6) is 11.5 Å². The second-order valence-electron chi connectivity index (χ2n) is 6.53. The summed E-state index contributed by atoms with van der Waals surface area (Å²) in [7, 11) is 1.60. The van der Waals surface area contributed by atoms with Gasteiger partial charge in [0.1, 0.15) is 0 Å². The normalized spacial score (nSPS) is 10.9. The van der Waals surface area contributed by atoms with E-state index in [1.807, 2.05) is 30.0 Å². The molecular weight excluding hydrogens is 278 g/mol. The average Bonchev–Trinajstić information content (AvgIpc) is 2.43. The molecule has 0 saturated carbocycles. The highest BCUT2D eigenvalue weighted by molar-refractivity contribution is 5.77. The van der Waals surface area contributed by atoms with Gasteiger partial charge in [-0.1, -0.05) is 33.8 Å². The molecule has 1 aromatic carbocycles. The molecule has 0 atom stereocenters. The number of benzene rings is 1. The van der Waals surface area contributed by atoms with E-state index in [1.54, 1.807) is 7.11 Å². The van der Waals surface area contributed by atoms with Crippen LogP contribution in [0, 0.1) is 18.8 Å². The number of nitrogens with zero attached hydrogens (tertiary/aromatic N) is 1. The molecule has 0 aromatic heterocycles. The first-order valence-electron chi connectivity index (χ1n) is 7.88. The summed E-state index contributed by atoms with van der Waals surface area (Å²) in [6.45, 7) is 12.0. The molecule has 22 heavy (non-hydrogen) atoms. The Morgan fingerprint density at radius 3 is 2.18 bits per heavy atom. The summed E-state index contributed by atoms with van der Waals surface area (Å²) in [6, 6.07) is 5.69. The fourth-order valence-corrected chi connectivity index (χ4v) is 2.28. The second kappa shape index (κ2) is 8.66. The van der Waals surface area contributed by atoms with E-state index in [0.29, 0.717) is 23.3 Å². The Kier molecular flexibility index (Phi) is 7.22. The SMILES string of the molecule is COc1cc(C)ccc1OCC(=O)N(CC(C)C)CC(C)C. The number of rotatable bonds is 8. The van der Waals surface area contributed by atoms with Crippen molar-refractivity contribution >= 4 is 5.91 Å². The molecule has 0 radical (unpaired) electrons. The summed E-state index contributed by atoms with van der Waals surface area (Å²) in [5.74, 6) is 2.17. The van der Waals surface area contributed by atoms with E-state index in [-0.39, 0.29) is 12.5 Å². The van der Waals surface area contributed by atoms with E-state index in [4.69, 9.17) is 9.47 Å². The highest BCUT2D eigenvalue weighted by Crippen LogP contribution is 2.27.